The third-order valence-electron chi connectivity index (χ3n) is 3.38. The van der Waals surface area contributed by atoms with Gasteiger partial charge in [0.25, 0.3) is 0 Å². The maximum Gasteiger partial charge on any atom is 0.337 e. The van der Waals surface area contributed by atoms with Crippen molar-refractivity contribution in [2.24, 2.45) is 0 Å². The second kappa shape index (κ2) is 8.09. The van der Waals surface area contributed by atoms with Gasteiger partial charge in [0.15, 0.2) is 0 Å². The van der Waals surface area contributed by atoms with Crippen LogP contribution in [0.1, 0.15) is 42.5 Å². The number of hydrogen-bond acceptors (Lipinski definition) is 5. The van der Waals surface area contributed by atoms with Gasteiger partial charge in [-0.1, -0.05) is 6.92 Å². The largest absolute Gasteiger partial charge is 0.465 e. The van der Waals surface area contributed by atoms with Crippen molar-refractivity contribution in [2.45, 2.75) is 32.9 Å². The van der Waals surface area contributed by atoms with Gasteiger partial charge < -0.3 is 15.4 Å². The van der Waals surface area contributed by atoms with Crippen LogP contribution >= 0.6 is 0 Å². The van der Waals surface area contributed by atoms with E-state index in [1.807, 2.05) is 13.8 Å². The zero-order chi connectivity index (χ0) is 17.5. The summed E-state index contributed by atoms with van der Waals surface area (Å²) in [5.41, 5.74) is 0.992. The second-order valence-electron chi connectivity index (χ2n) is 5.23. The van der Waals surface area contributed by atoms with Crippen LogP contribution in [0.2, 0.25) is 0 Å². The maximum absolute atomic E-state index is 12.1. The quantitative estimate of drug-likeness (QED) is 0.792. The van der Waals surface area contributed by atoms with Crippen molar-refractivity contribution >= 4 is 17.7 Å². The number of urea groups is 1. The summed E-state index contributed by atoms with van der Waals surface area (Å²) in [7, 11) is 1.32. The van der Waals surface area contributed by atoms with Crippen LogP contribution in [0.5, 0.6) is 0 Å². The molecule has 0 saturated carbocycles. The molecule has 2 rings (SSSR count). The van der Waals surface area contributed by atoms with Gasteiger partial charge in [-0.25, -0.2) is 19.3 Å². The molecule has 0 fully saturated rings. The number of methoxy groups -OCH3 is 1. The molecule has 0 saturated heterocycles. The fraction of sp³-hybridized carbons (Fsp3) is 0.375. The first-order chi connectivity index (χ1) is 11.5. The molecule has 0 aliphatic heterocycles. The zero-order valence-electron chi connectivity index (χ0n) is 13.9. The first kappa shape index (κ1) is 17.5. The summed E-state index contributed by atoms with van der Waals surface area (Å²) in [5.74, 6) is 0.280. The lowest BCUT2D eigenvalue weighted by Gasteiger charge is -2.15. The van der Waals surface area contributed by atoms with Crippen LogP contribution in [-0.4, -0.2) is 33.9 Å². The van der Waals surface area contributed by atoms with Gasteiger partial charge in [0, 0.05) is 12.2 Å². The summed E-state index contributed by atoms with van der Waals surface area (Å²) in [5, 5.41) is 9.67. The fourth-order valence-electron chi connectivity index (χ4n) is 2.23. The molecule has 1 heterocycles. The summed E-state index contributed by atoms with van der Waals surface area (Å²) >= 11 is 0. The normalized spacial score (nSPS) is 11.6. The number of hydrogen-bond donors (Lipinski definition) is 2. The highest BCUT2D eigenvalue weighted by Crippen LogP contribution is 2.12. The van der Waals surface area contributed by atoms with Crippen LogP contribution in [0, 0.1) is 0 Å². The number of carbonyl (C=O) groups excluding carboxylic acids is 2. The van der Waals surface area contributed by atoms with Crippen LogP contribution in [0.4, 0.5) is 10.5 Å². The van der Waals surface area contributed by atoms with Crippen LogP contribution in [0.15, 0.2) is 30.6 Å². The van der Waals surface area contributed by atoms with Crippen LogP contribution in [0.25, 0.3) is 0 Å². The first-order valence-corrected chi connectivity index (χ1v) is 7.68. The van der Waals surface area contributed by atoms with E-state index in [4.69, 9.17) is 0 Å². The Kier molecular flexibility index (Phi) is 5.89. The topological polar surface area (TPSA) is 98.1 Å². The number of esters is 1. The average Bonchev–Trinajstić information content (AvgIpc) is 3.03. The Hall–Kier alpha value is -2.90. The number of benzene rings is 1. The lowest BCUT2D eigenvalue weighted by atomic mass is 10.2. The third-order valence-corrected chi connectivity index (χ3v) is 3.38. The number of carbonyl (C=O) groups is 2. The highest BCUT2D eigenvalue weighted by atomic mass is 16.5. The van der Waals surface area contributed by atoms with Crippen molar-refractivity contribution in [3.63, 3.8) is 0 Å². The van der Waals surface area contributed by atoms with Gasteiger partial charge in [0.1, 0.15) is 12.2 Å². The predicted octanol–water partition coefficient (Wildman–Crippen LogP) is 2.36. The highest BCUT2D eigenvalue weighted by molar-refractivity contribution is 5.92. The Balaban J connectivity index is 1.95. The van der Waals surface area contributed by atoms with E-state index in [1.54, 1.807) is 28.9 Å². The third kappa shape index (κ3) is 4.31. The Bertz CT molecular complexity index is 696. The summed E-state index contributed by atoms with van der Waals surface area (Å²) in [4.78, 5) is 27.7. The van der Waals surface area contributed by atoms with Crippen LogP contribution in [0.3, 0.4) is 0 Å². The molecular weight excluding hydrogens is 310 g/mol. The molecule has 1 aromatic heterocycles. The Morgan fingerprint density at radius 2 is 2.00 bits per heavy atom. The molecule has 0 aliphatic rings. The van der Waals surface area contributed by atoms with E-state index in [2.05, 4.69) is 25.5 Å². The number of aromatic nitrogens is 3. The van der Waals surface area contributed by atoms with E-state index in [-0.39, 0.29) is 12.1 Å². The van der Waals surface area contributed by atoms with Crippen molar-refractivity contribution < 1.29 is 14.3 Å². The van der Waals surface area contributed by atoms with Gasteiger partial charge in [0.2, 0.25) is 0 Å². The second-order valence-corrected chi connectivity index (χ2v) is 5.23. The van der Waals surface area contributed by atoms with E-state index in [9.17, 15) is 9.59 Å². The molecule has 0 bridgehead atoms. The van der Waals surface area contributed by atoms with Crippen LogP contribution < -0.4 is 10.6 Å². The number of nitrogens with one attached hydrogen (secondary N) is 2. The van der Waals surface area contributed by atoms with Gasteiger partial charge in [-0.3, -0.25) is 0 Å². The number of nitrogens with zero attached hydrogens (tertiary/aromatic N) is 3. The standard InChI is InChI=1S/C16H21N5O3/c1-4-9-21-14(17-10-18-21)11(2)19-16(23)20-13-7-5-12(6-8-13)15(22)24-3/h5-8,10-11H,4,9H2,1-3H3,(H2,19,20,23). The van der Waals surface area contributed by atoms with Gasteiger partial charge in [0.05, 0.1) is 18.7 Å². The molecule has 0 spiro atoms. The van der Waals surface area contributed by atoms with Gasteiger partial charge in [-0.15, -0.1) is 0 Å². The Labute approximate surface area is 140 Å². The van der Waals surface area contributed by atoms with E-state index >= 15 is 0 Å². The predicted molar refractivity (Wildman–Crippen MR) is 88.7 cm³/mol. The van der Waals surface area contributed by atoms with Crippen molar-refractivity contribution in [2.75, 3.05) is 12.4 Å². The zero-order valence-corrected chi connectivity index (χ0v) is 13.9. The lowest BCUT2D eigenvalue weighted by molar-refractivity contribution is 0.0600. The summed E-state index contributed by atoms with van der Waals surface area (Å²) in [6, 6.07) is 5.80. The van der Waals surface area contributed by atoms with E-state index < -0.39 is 5.97 Å². The summed E-state index contributed by atoms with van der Waals surface area (Å²) in [6.45, 7) is 4.64. The molecule has 2 amide bonds. The van der Waals surface area contributed by atoms with Gasteiger partial charge in [-0.2, -0.15) is 5.10 Å². The maximum atomic E-state index is 12.1. The molecule has 128 valence electrons. The van der Waals surface area contributed by atoms with Crippen molar-refractivity contribution in [3.8, 4) is 0 Å². The average molecular weight is 331 g/mol. The lowest BCUT2D eigenvalue weighted by Crippen LogP contribution is -2.32. The van der Waals surface area contributed by atoms with E-state index in [0.717, 1.165) is 13.0 Å². The summed E-state index contributed by atoms with van der Waals surface area (Å²) in [6.07, 6.45) is 2.41. The van der Waals surface area contributed by atoms with Crippen LogP contribution in [-0.2, 0) is 11.3 Å². The molecule has 1 aromatic carbocycles. The number of ether oxygens (including phenoxy) is 1. The van der Waals surface area contributed by atoms with E-state index in [1.165, 1.54) is 13.4 Å². The Morgan fingerprint density at radius 3 is 2.62 bits per heavy atom. The number of aryl methyl sites for hydroxylation is 1. The molecule has 8 nitrogen and oxygen atoms in total. The van der Waals surface area contributed by atoms with Crippen molar-refractivity contribution in [1.82, 2.24) is 20.1 Å². The smallest absolute Gasteiger partial charge is 0.337 e. The SMILES string of the molecule is CCCn1ncnc1C(C)NC(=O)Nc1ccc(C(=O)OC)cc1. The molecule has 0 radical (unpaired) electrons. The number of rotatable bonds is 6. The molecule has 24 heavy (non-hydrogen) atoms. The molecular formula is C16H21N5O3. The number of amides is 2. The molecule has 2 aromatic rings. The first-order valence-electron chi connectivity index (χ1n) is 7.68. The highest BCUT2D eigenvalue weighted by Gasteiger charge is 2.15. The Morgan fingerprint density at radius 1 is 1.29 bits per heavy atom. The minimum Gasteiger partial charge on any atom is -0.465 e. The fourth-order valence-corrected chi connectivity index (χ4v) is 2.23. The monoisotopic (exact) mass is 331 g/mol. The molecule has 1 unspecified atom stereocenters. The molecule has 1 atom stereocenters. The number of anilines is 1. The molecule has 8 heteroatoms. The van der Waals surface area contributed by atoms with Crippen molar-refractivity contribution in [3.05, 3.63) is 42.0 Å². The minimum atomic E-state index is -0.421. The van der Waals surface area contributed by atoms with Crippen molar-refractivity contribution in [1.29, 1.82) is 0 Å². The molecule has 0 aliphatic carbocycles. The summed E-state index contributed by atoms with van der Waals surface area (Å²) < 4.78 is 6.40. The minimum absolute atomic E-state index is 0.284. The van der Waals surface area contributed by atoms with Gasteiger partial charge in [-0.05, 0) is 37.6 Å². The van der Waals surface area contributed by atoms with Gasteiger partial charge >= 0.3 is 12.0 Å². The van der Waals surface area contributed by atoms with E-state index in [0.29, 0.717) is 17.1 Å². The molecule has 2 N–H and O–H groups in total.